The van der Waals surface area contributed by atoms with Crippen LogP contribution in [0.15, 0.2) is 18.2 Å². The second-order valence-electron chi connectivity index (χ2n) is 5.70. The van der Waals surface area contributed by atoms with Crippen LogP contribution in [0.3, 0.4) is 0 Å². The van der Waals surface area contributed by atoms with Gasteiger partial charge in [-0.1, -0.05) is 19.1 Å². The molecule has 0 aromatic heterocycles. The molecule has 0 bridgehead atoms. The lowest BCUT2D eigenvalue weighted by atomic mass is 9.96. The summed E-state index contributed by atoms with van der Waals surface area (Å²) in [5.41, 5.74) is 3.71. The van der Waals surface area contributed by atoms with E-state index in [1.165, 1.54) is 6.07 Å². The van der Waals surface area contributed by atoms with Gasteiger partial charge in [-0.25, -0.2) is 9.40 Å². The monoisotopic (exact) mass is 294 g/mol. The van der Waals surface area contributed by atoms with E-state index in [4.69, 9.17) is 4.74 Å². The van der Waals surface area contributed by atoms with Gasteiger partial charge in [-0.05, 0) is 38.3 Å². The molecule has 1 aliphatic rings. The van der Waals surface area contributed by atoms with E-state index in [9.17, 15) is 9.18 Å². The van der Waals surface area contributed by atoms with Crippen LogP contribution in [0.4, 0.5) is 4.39 Å². The van der Waals surface area contributed by atoms with Gasteiger partial charge in [-0.15, -0.1) is 0 Å². The number of hydrogen-bond donors (Lipinski definition) is 1. The summed E-state index contributed by atoms with van der Waals surface area (Å²) in [5, 5.41) is 1.93. The van der Waals surface area contributed by atoms with E-state index in [-0.39, 0.29) is 36.0 Å². The third kappa shape index (κ3) is 3.73. The van der Waals surface area contributed by atoms with Crippen LogP contribution in [0.2, 0.25) is 0 Å². The zero-order valence-corrected chi connectivity index (χ0v) is 12.9. The molecule has 1 aromatic carbocycles. The van der Waals surface area contributed by atoms with Crippen molar-refractivity contribution in [1.82, 2.24) is 10.4 Å². The topological polar surface area (TPSA) is 41.6 Å². The highest BCUT2D eigenvalue weighted by Crippen LogP contribution is 2.29. The first kappa shape index (κ1) is 15.8. The molecule has 0 saturated heterocycles. The number of fused-ring (bicyclic) bond motifs is 1. The average Bonchev–Trinajstić information content (AvgIpc) is 2.46. The summed E-state index contributed by atoms with van der Waals surface area (Å²) in [6, 6.07) is 5.07. The molecular formula is C16H23FN2O2. The lowest BCUT2D eigenvalue weighted by Gasteiger charge is -2.30. The third-order valence-electron chi connectivity index (χ3n) is 3.66. The van der Waals surface area contributed by atoms with Crippen molar-refractivity contribution in [3.63, 3.8) is 0 Å². The number of carbonyl (C=O) groups is 1. The van der Waals surface area contributed by atoms with E-state index in [0.29, 0.717) is 6.42 Å². The minimum absolute atomic E-state index is 0.0629. The highest BCUT2D eigenvalue weighted by molar-refractivity contribution is 5.79. The van der Waals surface area contributed by atoms with Crippen molar-refractivity contribution in [2.75, 3.05) is 13.2 Å². The van der Waals surface area contributed by atoms with Crippen LogP contribution in [-0.2, 0) is 11.2 Å². The zero-order valence-electron chi connectivity index (χ0n) is 12.9. The molecule has 116 valence electrons. The number of nitrogens with zero attached hydrogens (tertiary/aromatic N) is 1. The molecule has 0 fully saturated rings. The van der Waals surface area contributed by atoms with E-state index in [2.05, 4.69) is 12.3 Å². The molecule has 1 aromatic rings. The predicted molar refractivity (Wildman–Crippen MR) is 79.4 cm³/mol. The Kier molecular flexibility index (Phi) is 5.17. The van der Waals surface area contributed by atoms with Gasteiger partial charge in [0.15, 0.2) is 11.6 Å². The maximum atomic E-state index is 13.6. The molecule has 1 amide bonds. The molecular weight excluding hydrogens is 271 g/mol. The number of halogens is 1. The molecule has 0 spiro atoms. The number of amides is 1. The fraction of sp³-hybridized carbons (Fsp3) is 0.562. The van der Waals surface area contributed by atoms with Crippen molar-refractivity contribution in [3.05, 3.63) is 29.6 Å². The minimum Gasteiger partial charge on any atom is -0.489 e. The Morgan fingerprint density at radius 1 is 1.52 bits per heavy atom. The normalized spacial score (nSPS) is 17.5. The van der Waals surface area contributed by atoms with Crippen LogP contribution in [0.25, 0.3) is 0 Å². The van der Waals surface area contributed by atoms with Crippen molar-refractivity contribution in [2.45, 2.75) is 39.7 Å². The smallest absolute Gasteiger partial charge is 0.241 e. The number of carbonyl (C=O) groups excluding carboxylic acids is 1. The van der Waals surface area contributed by atoms with E-state index in [1.807, 2.05) is 24.9 Å². The van der Waals surface area contributed by atoms with Crippen LogP contribution >= 0.6 is 0 Å². The highest BCUT2D eigenvalue weighted by atomic mass is 19.1. The Hall–Kier alpha value is -1.62. The number of rotatable bonds is 5. The molecule has 21 heavy (non-hydrogen) atoms. The Balaban J connectivity index is 2.02. The van der Waals surface area contributed by atoms with Crippen molar-refractivity contribution < 1.29 is 13.9 Å². The molecule has 0 unspecified atom stereocenters. The van der Waals surface area contributed by atoms with Crippen LogP contribution < -0.4 is 10.2 Å². The van der Waals surface area contributed by atoms with Crippen molar-refractivity contribution in [3.8, 4) is 5.75 Å². The zero-order chi connectivity index (χ0) is 15.4. The fourth-order valence-corrected chi connectivity index (χ4v) is 2.47. The Morgan fingerprint density at radius 3 is 2.95 bits per heavy atom. The van der Waals surface area contributed by atoms with Gasteiger partial charge in [0.2, 0.25) is 5.91 Å². The molecule has 4 nitrogen and oxygen atoms in total. The van der Waals surface area contributed by atoms with Gasteiger partial charge < -0.3 is 4.74 Å². The third-order valence-corrected chi connectivity index (χ3v) is 3.66. The van der Waals surface area contributed by atoms with Crippen LogP contribution in [0.5, 0.6) is 5.75 Å². The number of ether oxygens (including phenoxy) is 1. The second-order valence-corrected chi connectivity index (χ2v) is 5.70. The van der Waals surface area contributed by atoms with Crippen LogP contribution in [-0.4, -0.2) is 30.1 Å². The molecule has 0 saturated carbocycles. The van der Waals surface area contributed by atoms with E-state index >= 15 is 0 Å². The lowest BCUT2D eigenvalue weighted by Crippen LogP contribution is -2.50. The summed E-state index contributed by atoms with van der Waals surface area (Å²) in [4.78, 5) is 12.4. The molecule has 1 heterocycles. The molecule has 1 aliphatic heterocycles. The fourth-order valence-electron chi connectivity index (χ4n) is 2.47. The molecule has 5 heteroatoms. The Morgan fingerprint density at radius 2 is 2.29 bits per heavy atom. The van der Waals surface area contributed by atoms with Gasteiger partial charge in [0, 0.05) is 12.6 Å². The van der Waals surface area contributed by atoms with Gasteiger partial charge in [-0.2, -0.15) is 0 Å². The molecule has 1 N–H and O–H groups in total. The van der Waals surface area contributed by atoms with Gasteiger partial charge in [0.25, 0.3) is 0 Å². The molecule has 0 radical (unpaired) electrons. The number of nitrogens with one attached hydrogen (secondary N) is 1. The number of benzene rings is 1. The highest BCUT2D eigenvalue weighted by Gasteiger charge is 2.28. The Labute approximate surface area is 125 Å². The van der Waals surface area contributed by atoms with E-state index in [1.54, 1.807) is 6.07 Å². The average molecular weight is 294 g/mol. The molecule has 0 aliphatic carbocycles. The quantitative estimate of drug-likeness (QED) is 0.849. The second kappa shape index (κ2) is 6.89. The summed E-state index contributed by atoms with van der Waals surface area (Å²) in [7, 11) is 0. The summed E-state index contributed by atoms with van der Waals surface area (Å²) in [6.45, 7) is 7.18. The largest absolute Gasteiger partial charge is 0.489 e. The van der Waals surface area contributed by atoms with Crippen molar-refractivity contribution in [2.24, 2.45) is 5.92 Å². The first-order valence-electron chi connectivity index (χ1n) is 7.50. The van der Waals surface area contributed by atoms with Crippen molar-refractivity contribution >= 4 is 5.91 Å². The Bertz CT molecular complexity index is 505. The maximum Gasteiger partial charge on any atom is 0.241 e. The minimum atomic E-state index is -0.360. The summed E-state index contributed by atoms with van der Waals surface area (Å²) >= 11 is 0. The molecule has 2 rings (SSSR count). The van der Waals surface area contributed by atoms with Gasteiger partial charge in [-0.3, -0.25) is 10.2 Å². The predicted octanol–water partition coefficient (Wildman–Crippen LogP) is 2.53. The van der Waals surface area contributed by atoms with E-state index < -0.39 is 0 Å². The van der Waals surface area contributed by atoms with Gasteiger partial charge >= 0.3 is 0 Å². The summed E-state index contributed by atoms with van der Waals surface area (Å²) in [5.74, 6) is -0.415. The first-order chi connectivity index (χ1) is 10.0. The standard InChI is InChI=1S/C16H23FN2O2/c1-4-8-19(11(2)3)18-16(20)13-9-12-6-5-7-14(17)15(12)21-10-13/h5-7,11,13H,4,8-10H2,1-3H3,(H,18,20)/t13-/m1/s1. The van der Waals surface area contributed by atoms with Crippen LogP contribution in [0, 0.1) is 11.7 Å². The first-order valence-corrected chi connectivity index (χ1v) is 7.50. The molecule has 1 atom stereocenters. The summed E-state index contributed by atoms with van der Waals surface area (Å²) in [6.07, 6.45) is 1.48. The van der Waals surface area contributed by atoms with Crippen LogP contribution in [0.1, 0.15) is 32.8 Å². The maximum absolute atomic E-state index is 13.6. The van der Waals surface area contributed by atoms with Gasteiger partial charge in [0.1, 0.15) is 6.61 Å². The SMILES string of the molecule is CCCN(NC(=O)[C@H]1COc2c(F)cccc2C1)C(C)C. The summed E-state index contributed by atoms with van der Waals surface area (Å²) < 4.78 is 19.0. The van der Waals surface area contributed by atoms with Gasteiger partial charge in [0.05, 0.1) is 5.92 Å². The number of para-hydroxylation sites is 1. The lowest BCUT2D eigenvalue weighted by molar-refractivity contribution is -0.132. The van der Waals surface area contributed by atoms with E-state index in [0.717, 1.165) is 18.5 Å². The number of hydrogen-bond acceptors (Lipinski definition) is 3. The number of hydrazine groups is 1. The van der Waals surface area contributed by atoms with Crippen molar-refractivity contribution in [1.29, 1.82) is 0 Å².